The smallest absolute Gasteiger partial charge is 0.290 e. The topological polar surface area (TPSA) is 138 Å². The van der Waals surface area contributed by atoms with Gasteiger partial charge in [-0.2, -0.15) is 5.10 Å². The third-order valence-corrected chi connectivity index (χ3v) is 6.68. The minimum atomic E-state index is -0.250. The predicted molar refractivity (Wildman–Crippen MR) is 120 cm³/mol. The first kappa shape index (κ1) is 24.2. The maximum absolute atomic E-state index is 12.8. The Morgan fingerprint density at radius 3 is 2.67 bits per heavy atom. The Bertz CT molecular complexity index is 908. The zero-order chi connectivity index (χ0) is 23.7. The standard InChI is InChI=1S/C22H29N5O3.CH2O2/c1-30-20-7-5-17(15-23-20)21(29)27-11-9-22(10-12-27)8-2-3-18(22)26-19(28)6-4-16-13-24-25-14-16;2-1-3/h5,7,13-15,18H,2-4,6,8-12H2,1H3,(H,24,25)(H,26,28);1H,(H,2,3). The van der Waals surface area contributed by atoms with Crippen LogP contribution in [0.4, 0.5) is 0 Å². The lowest BCUT2D eigenvalue weighted by Crippen LogP contribution is -2.51. The highest BCUT2D eigenvalue weighted by Gasteiger charge is 2.45. The van der Waals surface area contributed by atoms with Crippen molar-refractivity contribution in [3.63, 3.8) is 0 Å². The summed E-state index contributed by atoms with van der Waals surface area (Å²) in [7, 11) is 1.56. The number of likely N-dealkylation sites (tertiary alicyclic amines) is 1. The molecule has 1 saturated heterocycles. The van der Waals surface area contributed by atoms with Gasteiger partial charge < -0.3 is 20.1 Å². The number of carboxylic acid groups (broad SMARTS) is 1. The van der Waals surface area contributed by atoms with E-state index >= 15 is 0 Å². The highest BCUT2D eigenvalue weighted by Crippen LogP contribution is 2.46. The minimum absolute atomic E-state index is 0.0127. The summed E-state index contributed by atoms with van der Waals surface area (Å²) in [5.74, 6) is 0.616. The zero-order valence-electron chi connectivity index (χ0n) is 18.8. The van der Waals surface area contributed by atoms with Crippen molar-refractivity contribution >= 4 is 18.3 Å². The summed E-state index contributed by atoms with van der Waals surface area (Å²) in [6.07, 6.45) is 11.4. The number of aromatic amines is 1. The second kappa shape index (κ2) is 11.4. The Hall–Kier alpha value is -3.43. The summed E-state index contributed by atoms with van der Waals surface area (Å²) in [5, 5.41) is 16.9. The molecule has 1 atom stereocenters. The number of aromatic nitrogens is 3. The predicted octanol–water partition coefficient (Wildman–Crippen LogP) is 2.04. The number of carbonyl (C=O) groups is 3. The van der Waals surface area contributed by atoms with E-state index in [2.05, 4.69) is 20.5 Å². The van der Waals surface area contributed by atoms with Crippen LogP contribution in [0.25, 0.3) is 0 Å². The van der Waals surface area contributed by atoms with Crippen molar-refractivity contribution in [1.82, 2.24) is 25.4 Å². The average molecular weight is 458 g/mol. The van der Waals surface area contributed by atoms with Gasteiger partial charge in [0.25, 0.3) is 12.4 Å². The number of H-pyrrole nitrogens is 1. The second-order valence-electron chi connectivity index (χ2n) is 8.47. The van der Waals surface area contributed by atoms with Crippen molar-refractivity contribution in [3.05, 3.63) is 41.9 Å². The van der Waals surface area contributed by atoms with Gasteiger partial charge in [0.1, 0.15) is 0 Å². The molecule has 178 valence electrons. The van der Waals surface area contributed by atoms with Gasteiger partial charge in [0, 0.05) is 44.0 Å². The van der Waals surface area contributed by atoms with Crippen LogP contribution in [0.2, 0.25) is 0 Å². The largest absolute Gasteiger partial charge is 0.483 e. The van der Waals surface area contributed by atoms with Crippen LogP contribution in [-0.2, 0) is 16.0 Å². The average Bonchev–Trinajstić information content (AvgIpc) is 3.49. The molecule has 1 spiro atoms. The first-order valence-corrected chi connectivity index (χ1v) is 11.2. The summed E-state index contributed by atoms with van der Waals surface area (Å²) in [6, 6.07) is 3.68. The number of aryl methyl sites for hydroxylation is 1. The normalized spacial score (nSPS) is 18.8. The number of amides is 2. The summed E-state index contributed by atoms with van der Waals surface area (Å²) in [4.78, 5) is 39.7. The number of carbonyl (C=O) groups excluding carboxylic acids is 2. The van der Waals surface area contributed by atoms with Gasteiger partial charge in [0.2, 0.25) is 11.8 Å². The van der Waals surface area contributed by atoms with Crippen LogP contribution >= 0.6 is 0 Å². The van der Waals surface area contributed by atoms with Crippen LogP contribution in [0, 0.1) is 5.41 Å². The molecule has 0 radical (unpaired) electrons. The van der Waals surface area contributed by atoms with E-state index in [4.69, 9.17) is 14.6 Å². The Kier molecular flexibility index (Phi) is 8.39. The lowest BCUT2D eigenvalue weighted by atomic mass is 9.74. The highest BCUT2D eigenvalue weighted by atomic mass is 16.5. The summed E-state index contributed by atoms with van der Waals surface area (Å²) in [6.45, 7) is 1.18. The van der Waals surface area contributed by atoms with E-state index in [0.717, 1.165) is 37.7 Å². The molecule has 10 heteroatoms. The van der Waals surface area contributed by atoms with Gasteiger partial charge in [0.15, 0.2) is 0 Å². The number of nitrogens with one attached hydrogen (secondary N) is 2. The lowest BCUT2D eigenvalue weighted by molar-refractivity contribution is -0.123. The van der Waals surface area contributed by atoms with E-state index in [9.17, 15) is 9.59 Å². The highest BCUT2D eigenvalue weighted by molar-refractivity contribution is 5.94. The van der Waals surface area contributed by atoms with Crippen LogP contribution in [0.15, 0.2) is 30.7 Å². The van der Waals surface area contributed by atoms with E-state index in [-0.39, 0.29) is 29.7 Å². The van der Waals surface area contributed by atoms with Gasteiger partial charge in [-0.25, -0.2) is 4.98 Å². The number of ether oxygens (including phenoxy) is 1. The van der Waals surface area contributed by atoms with Gasteiger partial charge in [-0.3, -0.25) is 19.5 Å². The summed E-state index contributed by atoms with van der Waals surface area (Å²) >= 11 is 0. The molecule has 2 fully saturated rings. The van der Waals surface area contributed by atoms with Gasteiger partial charge in [-0.1, -0.05) is 6.42 Å². The van der Waals surface area contributed by atoms with Crippen molar-refractivity contribution in [2.45, 2.75) is 51.0 Å². The Balaban J connectivity index is 0.000000968. The molecule has 10 nitrogen and oxygen atoms in total. The molecule has 1 aliphatic heterocycles. The quantitative estimate of drug-likeness (QED) is 0.564. The molecule has 2 aliphatic rings. The van der Waals surface area contributed by atoms with Crippen molar-refractivity contribution in [2.75, 3.05) is 20.2 Å². The summed E-state index contributed by atoms with van der Waals surface area (Å²) < 4.78 is 5.06. The summed E-state index contributed by atoms with van der Waals surface area (Å²) in [5.41, 5.74) is 1.74. The molecule has 0 bridgehead atoms. The molecule has 2 aromatic heterocycles. The van der Waals surface area contributed by atoms with Crippen LogP contribution in [0.5, 0.6) is 5.88 Å². The maximum atomic E-state index is 12.8. The number of rotatable bonds is 6. The minimum Gasteiger partial charge on any atom is -0.483 e. The number of hydrogen-bond donors (Lipinski definition) is 3. The molecule has 1 aliphatic carbocycles. The molecule has 2 amide bonds. The molecule has 2 aromatic rings. The zero-order valence-corrected chi connectivity index (χ0v) is 18.8. The number of nitrogens with zero attached hydrogens (tertiary/aromatic N) is 3. The molecular formula is C23H31N5O5. The molecule has 3 heterocycles. The molecular weight excluding hydrogens is 426 g/mol. The van der Waals surface area contributed by atoms with Crippen LogP contribution in [-0.4, -0.2) is 69.7 Å². The number of hydrogen-bond acceptors (Lipinski definition) is 6. The molecule has 3 N–H and O–H groups in total. The Labute approximate surface area is 192 Å². The molecule has 4 rings (SSSR count). The van der Waals surface area contributed by atoms with Crippen molar-refractivity contribution in [1.29, 1.82) is 0 Å². The fourth-order valence-corrected chi connectivity index (χ4v) is 4.87. The second-order valence-corrected chi connectivity index (χ2v) is 8.47. The van der Waals surface area contributed by atoms with Crippen molar-refractivity contribution < 1.29 is 24.2 Å². The fraction of sp³-hybridized carbons (Fsp3) is 0.522. The third kappa shape index (κ3) is 6.09. The van der Waals surface area contributed by atoms with Crippen molar-refractivity contribution in [3.8, 4) is 5.88 Å². The van der Waals surface area contributed by atoms with Crippen LogP contribution in [0.1, 0.15) is 54.4 Å². The van der Waals surface area contributed by atoms with E-state index in [1.54, 1.807) is 31.6 Å². The first-order valence-electron chi connectivity index (χ1n) is 11.2. The van der Waals surface area contributed by atoms with E-state index in [1.165, 1.54) is 0 Å². The van der Waals surface area contributed by atoms with E-state index < -0.39 is 0 Å². The number of methoxy groups -OCH3 is 1. The lowest BCUT2D eigenvalue weighted by Gasteiger charge is -2.43. The third-order valence-electron chi connectivity index (χ3n) is 6.68. The van der Waals surface area contributed by atoms with Gasteiger partial charge in [-0.05, 0) is 49.1 Å². The SMILES string of the molecule is COc1ccc(C(=O)N2CCC3(CCCC3NC(=O)CCc3cn[nH]c3)CC2)cn1.O=CO. The number of pyridine rings is 1. The molecule has 1 saturated carbocycles. The van der Waals surface area contributed by atoms with Crippen LogP contribution < -0.4 is 10.1 Å². The first-order chi connectivity index (χ1) is 16.0. The van der Waals surface area contributed by atoms with Crippen molar-refractivity contribution in [2.24, 2.45) is 5.41 Å². The van der Waals surface area contributed by atoms with Gasteiger partial charge >= 0.3 is 0 Å². The molecule has 1 unspecified atom stereocenters. The molecule has 33 heavy (non-hydrogen) atoms. The Morgan fingerprint density at radius 1 is 1.30 bits per heavy atom. The Morgan fingerprint density at radius 2 is 2.06 bits per heavy atom. The molecule has 0 aromatic carbocycles. The van der Waals surface area contributed by atoms with Gasteiger partial charge in [-0.15, -0.1) is 0 Å². The van der Waals surface area contributed by atoms with E-state index in [1.807, 2.05) is 11.1 Å². The monoisotopic (exact) mass is 457 g/mol. The van der Waals surface area contributed by atoms with Gasteiger partial charge in [0.05, 0.1) is 18.9 Å². The van der Waals surface area contributed by atoms with Crippen LogP contribution in [0.3, 0.4) is 0 Å². The number of piperidine rings is 1. The van der Waals surface area contributed by atoms with E-state index in [0.29, 0.717) is 37.4 Å². The fourth-order valence-electron chi connectivity index (χ4n) is 4.87. The maximum Gasteiger partial charge on any atom is 0.290 e.